The number of amides is 1. The molecule has 3 heterocycles. The predicted molar refractivity (Wildman–Crippen MR) is 116 cm³/mol. The minimum atomic E-state index is -0.819. The molecule has 1 unspecified atom stereocenters. The smallest absolute Gasteiger partial charge is 0.407 e. The number of carboxylic acid groups (broad SMARTS) is 1. The Morgan fingerprint density at radius 1 is 1.23 bits per heavy atom. The van der Waals surface area contributed by atoms with Crippen LogP contribution >= 0.6 is 11.6 Å². The minimum Gasteiger partial charge on any atom is -0.465 e. The van der Waals surface area contributed by atoms with Crippen molar-refractivity contribution in [2.24, 2.45) is 5.92 Å². The summed E-state index contributed by atoms with van der Waals surface area (Å²) >= 11 is 6.20. The Bertz CT molecular complexity index is 984. The Morgan fingerprint density at radius 3 is 2.90 bits per heavy atom. The number of nitrogens with zero attached hydrogens (tertiary/aromatic N) is 4. The molecule has 0 spiro atoms. The number of fused-ring (bicyclic) bond motifs is 2. The Morgan fingerprint density at radius 2 is 2.10 bits per heavy atom. The van der Waals surface area contributed by atoms with Crippen LogP contribution in [-0.2, 0) is 12.8 Å². The van der Waals surface area contributed by atoms with E-state index in [4.69, 9.17) is 17.3 Å². The highest BCUT2D eigenvalue weighted by Gasteiger charge is 2.42. The maximum Gasteiger partial charge on any atom is 0.407 e. The van der Waals surface area contributed by atoms with E-state index < -0.39 is 6.09 Å². The van der Waals surface area contributed by atoms with Gasteiger partial charge in [-0.25, -0.2) is 9.78 Å². The van der Waals surface area contributed by atoms with Crippen molar-refractivity contribution in [2.45, 2.75) is 44.1 Å². The molecule has 3 N–H and O–H groups in total. The third kappa shape index (κ3) is 3.45. The molecule has 1 aromatic carbocycles. The van der Waals surface area contributed by atoms with Gasteiger partial charge in [0.25, 0.3) is 0 Å². The molecule has 8 heteroatoms. The monoisotopic (exact) mass is 427 g/mol. The molecule has 7 nitrogen and oxygen atoms in total. The molecule has 2 saturated heterocycles. The van der Waals surface area contributed by atoms with Crippen molar-refractivity contribution < 1.29 is 9.90 Å². The summed E-state index contributed by atoms with van der Waals surface area (Å²) in [7, 11) is 0. The maximum atomic E-state index is 11.7. The summed E-state index contributed by atoms with van der Waals surface area (Å²) in [5.74, 6) is 1.91. The van der Waals surface area contributed by atoms with Gasteiger partial charge in [-0.2, -0.15) is 4.98 Å². The van der Waals surface area contributed by atoms with E-state index in [-0.39, 0.29) is 6.04 Å². The fourth-order valence-electron chi connectivity index (χ4n) is 5.51. The molecule has 5 rings (SSSR count). The van der Waals surface area contributed by atoms with E-state index in [2.05, 4.69) is 20.9 Å². The molecule has 1 aliphatic carbocycles. The lowest BCUT2D eigenvalue weighted by Crippen LogP contribution is -2.47. The van der Waals surface area contributed by atoms with E-state index in [1.165, 1.54) is 11.1 Å². The lowest BCUT2D eigenvalue weighted by atomic mass is 9.82. The molecule has 30 heavy (non-hydrogen) atoms. The summed E-state index contributed by atoms with van der Waals surface area (Å²) in [4.78, 5) is 24.7. The highest BCUT2D eigenvalue weighted by molar-refractivity contribution is 6.30. The van der Waals surface area contributed by atoms with Crippen LogP contribution in [0.1, 0.15) is 42.0 Å². The lowest BCUT2D eigenvalue weighted by molar-refractivity contribution is 0.0965. The first-order chi connectivity index (χ1) is 14.5. The van der Waals surface area contributed by atoms with Crippen LogP contribution in [0.2, 0.25) is 5.02 Å². The molecule has 3 aliphatic rings. The van der Waals surface area contributed by atoms with Gasteiger partial charge in [0.1, 0.15) is 5.82 Å². The highest BCUT2D eigenvalue weighted by Crippen LogP contribution is 2.39. The summed E-state index contributed by atoms with van der Waals surface area (Å²) < 4.78 is 0. The number of nitrogens with two attached hydrogens (primary N) is 1. The van der Waals surface area contributed by atoms with Crippen LogP contribution in [0.25, 0.3) is 0 Å². The molecular weight excluding hydrogens is 402 g/mol. The first-order valence-corrected chi connectivity index (χ1v) is 11.0. The van der Waals surface area contributed by atoms with Gasteiger partial charge in [-0.1, -0.05) is 23.7 Å². The average Bonchev–Trinajstić information content (AvgIpc) is 3.16. The summed E-state index contributed by atoms with van der Waals surface area (Å²) in [5.41, 5.74) is 9.52. The van der Waals surface area contributed by atoms with Crippen molar-refractivity contribution >= 4 is 29.5 Å². The Labute approximate surface area is 180 Å². The summed E-state index contributed by atoms with van der Waals surface area (Å²) in [6, 6.07) is 8.08. The van der Waals surface area contributed by atoms with Crippen LogP contribution < -0.4 is 10.6 Å². The van der Waals surface area contributed by atoms with Crippen molar-refractivity contribution in [3.8, 4) is 0 Å². The molecule has 2 aliphatic heterocycles. The Kier molecular flexibility index (Phi) is 4.93. The molecule has 0 saturated carbocycles. The quantitative estimate of drug-likeness (QED) is 0.760. The first kappa shape index (κ1) is 19.4. The number of likely N-dealkylation sites (tertiary alicyclic amines) is 1. The van der Waals surface area contributed by atoms with Crippen molar-refractivity contribution in [1.29, 1.82) is 0 Å². The zero-order valence-corrected chi connectivity index (χ0v) is 17.6. The van der Waals surface area contributed by atoms with E-state index >= 15 is 0 Å². The molecular formula is C22H26ClN5O2. The molecule has 2 fully saturated rings. The van der Waals surface area contributed by atoms with Crippen LogP contribution in [-0.4, -0.2) is 51.7 Å². The van der Waals surface area contributed by atoms with E-state index in [9.17, 15) is 9.90 Å². The minimum absolute atomic E-state index is 0.0332. The normalized spacial score (nSPS) is 25.7. The third-order valence-electron chi connectivity index (χ3n) is 6.92. The topological polar surface area (TPSA) is 95.6 Å². The van der Waals surface area contributed by atoms with E-state index in [1.54, 1.807) is 4.90 Å². The SMILES string of the molecule is Nc1nc2c(c(N3C[C@H]4CCCN(C(=O)O)[C@H]4C3)n1)CCC(c1cccc(Cl)c1)C2. The van der Waals surface area contributed by atoms with Gasteiger partial charge in [0.15, 0.2) is 0 Å². The van der Waals surface area contributed by atoms with Crippen molar-refractivity contribution in [2.75, 3.05) is 30.3 Å². The number of carbonyl (C=O) groups is 1. The fourth-order valence-corrected chi connectivity index (χ4v) is 5.71. The number of piperidine rings is 1. The summed E-state index contributed by atoms with van der Waals surface area (Å²) in [6.07, 6.45) is 3.88. The second-order valence-electron chi connectivity index (χ2n) is 8.68. The van der Waals surface area contributed by atoms with Crippen molar-refractivity contribution in [3.05, 3.63) is 46.1 Å². The maximum absolute atomic E-state index is 11.7. The van der Waals surface area contributed by atoms with Gasteiger partial charge in [0.05, 0.1) is 11.7 Å². The zero-order valence-electron chi connectivity index (χ0n) is 16.8. The standard InChI is InChI=1S/C22H26ClN5O2/c23-16-5-1-3-13(9-16)14-6-7-17-18(10-14)25-21(24)26-20(17)27-11-15-4-2-8-28(22(29)30)19(15)12-27/h1,3,5,9,14-15,19H,2,4,6-8,10-12H2,(H,29,30)(H2,24,25,26)/t14?,15-,19+/m1/s1. The number of hydrogen-bond donors (Lipinski definition) is 2. The van der Waals surface area contributed by atoms with Crippen LogP contribution in [0.5, 0.6) is 0 Å². The number of halogens is 1. The van der Waals surface area contributed by atoms with Crippen LogP contribution in [0.15, 0.2) is 24.3 Å². The Balaban J connectivity index is 1.43. The molecule has 158 valence electrons. The number of nitrogen functional groups attached to an aromatic ring is 1. The van der Waals surface area contributed by atoms with Crippen LogP contribution in [0.3, 0.4) is 0 Å². The summed E-state index contributed by atoms with van der Waals surface area (Å²) in [5, 5.41) is 10.3. The summed E-state index contributed by atoms with van der Waals surface area (Å²) in [6.45, 7) is 2.13. The van der Waals surface area contributed by atoms with Crippen molar-refractivity contribution in [3.63, 3.8) is 0 Å². The number of aromatic nitrogens is 2. The molecule has 0 bridgehead atoms. The lowest BCUT2D eigenvalue weighted by Gasteiger charge is -2.34. The second-order valence-corrected chi connectivity index (χ2v) is 9.11. The number of hydrogen-bond acceptors (Lipinski definition) is 5. The predicted octanol–water partition coefficient (Wildman–Crippen LogP) is 3.56. The molecule has 0 radical (unpaired) electrons. The molecule has 2 aromatic rings. The molecule has 3 atom stereocenters. The molecule has 1 aromatic heterocycles. The van der Waals surface area contributed by atoms with Crippen LogP contribution in [0, 0.1) is 5.92 Å². The van der Waals surface area contributed by atoms with Gasteiger partial charge in [-0.3, -0.25) is 0 Å². The van der Waals surface area contributed by atoms with E-state index in [0.717, 1.165) is 55.2 Å². The number of benzene rings is 1. The van der Waals surface area contributed by atoms with Gasteiger partial charge < -0.3 is 20.6 Å². The van der Waals surface area contributed by atoms with Crippen LogP contribution in [0.4, 0.5) is 16.6 Å². The largest absolute Gasteiger partial charge is 0.465 e. The average molecular weight is 428 g/mol. The van der Waals surface area contributed by atoms with Gasteiger partial charge in [-0.15, -0.1) is 0 Å². The van der Waals surface area contributed by atoms with Gasteiger partial charge in [0, 0.05) is 30.2 Å². The molecule has 1 amide bonds. The second kappa shape index (κ2) is 7.61. The fraction of sp³-hybridized carbons (Fsp3) is 0.500. The third-order valence-corrected chi connectivity index (χ3v) is 7.15. The van der Waals surface area contributed by atoms with Gasteiger partial charge in [0.2, 0.25) is 5.95 Å². The number of rotatable bonds is 2. The van der Waals surface area contributed by atoms with E-state index in [0.29, 0.717) is 30.9 Å². The van der Waals surface area contributed by atoms with Gasteiger partial charge in [-0.05, 0) is 61.6 Å². The first-order valence-electron chi connectivity index (χ1n) is 10.6. The highest BCUT2D eigenvalue weighted by atomic mass is 35.5. The Hall–Kier alpha value is -2.54. The van der Waals surface area contributed by atoms with E-state index in [1.807, 2.05) is 18.2 Å². The van der Waals surface area contributed by atoms with Crippen molar-refractivity contribution in [1.82, 2.24) is 14.9 Å². The number of anilines is 2. The van der Waals surface area contributed by atoms with Gasteiger partial charge >= 0.3 is 6.09 Å². The zero-order chi connectivity index (χ0) is 20.8.